The van der Waals surface area contributed by atoms with Crippen LogP contribution in [0.1, 0.15) is 23.2 Å². The van der Waals surface area contributed by atoms with Crippen LogP contribution < -0.4 is 21.3 Å². The Morgan fingerprint density at radius 1 is 0.690 bits per heavy atom. The van der Waals surface area contributed by atoms with Gasteiger partial charge in [-0.25, -0.2) is 4.79 Å². The first-order valence-electron chi connectivity index (χ1n) is 9.57. The fraction of sp³-hybridized carbons (Fsp3) is 0.130. The highest BCUT2D eigenvalue weighted by Gasteiger charge is 2.23. The Morgan fingerprint density at radius 3 is 2.07 bits per heavy atom. The van der Waals surface area contributed by atoms with Crippen molar-refractivity contribution in [2.75, 3.05) is 16.0 Å². The smallest absolute Gasteiger partial charge is 0.319 e. The number of rotatable bonds is 6. The van der Waals surface area contributed by atoms with E-state index < -0.39 is 0 Å². The fourth-order valence-corrected chi connectivity index (χ4v) is 2.85. The summed E-state index contributed by atoms with van der Waals surface area (Å²) in [5, 5.41) is 11.8. The van der Waals surface area contributed by atoms with Crippen molar-refractivity contribution in [1.82, 2.24) is 5.32 Å². The van der Waals surface area contributed by atoms with Crippen molar-refractivity contribution < 1.29 is 9.59 Å². The van der Waals surface area contributed by atoms with Gasteiger partial charge in [-0.15, -0.1) is 0 Å². The summed E-state index contributed by atoms with van der Waals surface area (Å²) in [7, 11) is 0. The summed E-state index contributed by atoms with van der Waals surface area (Å²) in [6, 6.07) is 24.3. The van der Waals surface area contributed by atoms with E-state index in [4.69, 9.17) is 0 Å². The Balaban J connectivity index is 1.36. The monoisotopic (exact) mass is 386 g/mol. The third kappa shape index (κ3) is 5.35. The number of nitrogens with one attached hydrogen (secondary N) is 4. The van der Waals surface area contributed by atoms with Crippen molar-refractivity contribution in [2.24, 2.45) is 0 Å². The van der Waals surface area contributed by atoms with Gasteiger partial charge in [0.1, 0.15) is 0 Å². The lowest BCUT2D eigenvalue weighted by molar-refractivity contribution is 0.102. The molecule has 4 rings (SSSR count). The number of carbonyl (C=O) groups excluding carboxylic acids is 2. The van der Waals surface area contributed by atoms with Gasteiger partial charge >= 0.3 is 6.03 Å². The molecule has 6 nitrogen and oxygen atoms in total. The highest BCUT2D eigenvalue weighted by atomic mass is 16.2. The second kappa shape index (κ2) is 8.48. The summed E-state index contributed by atoms with van der Waals surface area (Å²) < 4.78 is 0. The zero-order chi connectivity index (χ0) is 20.1. The minimum Gasteiger partial charge on any atom is -0.356 e. The van der Waals surface area contributed by atoms with E-state index in [1.54, 1.807) is 24.3 Å². The zero-order valence-corrected chi connectivity index (χ0v) is 15.8. The average Bonchev–Trinajstić information content (AvgIpc) is 3.54. The average molecular weight is 386 g/mol. The van der Waals surface area contributed by atoms with Gasteiger partial charge in [0.05, 0.1) is 0 Å². The first kappa shape index (κ1) is 18.6. The molecule has 1 saturated carbocycles. The molecule has 146 valence electrons. The van der Waals surface area contributed by atoms with Crippen LogP contribution in [0.15, 0.2) is 78.9 Å². The molecule has 0 heterocycles. The summed E-state index contributed by atoms with van der Waals surface area (Å²) in [5.41, 5.74) is 3.68. The van der Waals surface area contributed by atoms with Gasteiger partial charge in [0.25, 0.3) is 5.91 Å². The predicted molar refractivity (Wildman–Crippen MR) is 116 cm³/mol. The summed E-state index contributed by atoms with van der Waals surface area (Å²) in [5.74, 6) is -0.236. The molecule has 3 aromatic carbocycles. The molecule has 0 spiro atoms. The molecule has 3 aromatic rings. The number of benzene rings is 3. The van der Waals surface area contributed by atoms with Crippen molar-refractivity contribution in [2.45, 2.75) is 18.9 Å². The molecular weight excluding hydrogens is 364 g/mol. The second-order valence-corrected chi connectivity index (χ2v) is 6.98. The minimum absolute atomic E-state index is 0.236. The Kier molecular flexibility index (Phi) is 5.42. The van der Waals surface area contributed by atoms with E-state index in [1.165, 1.54) is 0 Å². The van der Waals surface area contributed by atoms with Gasteiger partial charge in [0.15, 0.2) is 0 Å². The Morgan fingerprint density at radius 2 is 1.34 bits per heavy atom. The van der Waals surface area contributed by atoms with Crippen molar-refractivity contribution >= 4 is 34.7 Å². The molecule has 0 unspecified atom stereocenters. The summed E-state index contributed by atoms with van der Waals surface area (Å²) in [6.07, 6.45) is 2.05. The highest BCUT2D eigenvalue weighted by Crippen LogP contribution is 2.20. The summed E-state index contributed by atoms with van der Waals surface area (Å²) >= 11 is 0. The van der Waals surface area contributed by atoms with Gasteiger partial charge in [0.2, 0.25) is 0 Å². The van der Waals surface area contributed by atoms with Crippen LogP contribution in [-0.4, -0.2) is 18.0 Å². The minimum atomic E-state index is -0.244. The number of anilines is 4. The van der Waals surface area contributed by atoms with Gasteiger partial charge in [-0.1, -0.05) is 24.3 Å². The molecule has 0 saturated heterocycles. The van der Waals surface area contributed by atoms with Crippen molar-refractivity contribution in [3.8, 4) is 0 Å². The molecule has 6 heteroatoms. The van der Waals surface area contributed by atoms with Gasteiger partial charge < -0.3 is 21.3 Å². The SMILES string of the molecule is O=C(Nc1cccc(C(=O)Nc2ccc(Nc3ccccc3)cc2)c1)NC1CC1. The Hall–Kier alpha value is -3.80. The van der Waals surface area contributed by atoms with E-state index in [1.807, 2.05) is 54.6 Å². The molecule has 1 aliphatic carbocycles. The maximum atomic E-state index is 12.6. The molecule has 0 radical (unpaired) electrons. The van der Waals surface area contributed by atoms with Crippen molar-refractivity contribution in [3.05, 3.63) is 84.4 Å². The van der Waals surface area contributed by atoms with Crippen LogP contribution in [0.25, 0.3) is 0 Å². The van der Waals surface area contributed by atoms with Crippen LogP contribution in [0.2, 0.25) is 0 Å². The Bertz CT molecular complexity index is 999. The largest absolute Gasteiger partial charge is 0.356 e. The maximum absolute atomic E-state index is 12.6. The topological polar surface area (TPSA) is 82.3 Å². The number of urea groups is 1. The van der Waals surface area contributed by atoms with Crippen molar-refractivity contribution in [3.63, 3.8) is 0 Å². The van der Waals surface area contributed by atoms with E-state index in [9.17, 15) is 9.59 Å². The quantitative estimate of drug-likeness (QED) is 0.483. The zero-order valence-electron chi connectivity index (χ0n) is 15.8. The van der Waals surface area contributed by atoms with Gasteiger partial charge in [-0.3, -0.25) is 4.79 Å². The number of hydrogen-bond acceptors (Lipinski definition) is 3. The summed E-state index contributed by atoms with van der Waals surface area (Å²) in [4.78, 5) is 24.4. The normalized spacial score (nSPS) is 12.7. The Labute approximate surface area is 169 Å². The van der Waals surface area contributed by atoms with Crippen LogP contribution in [0.5, 0.6) is 0 Å². The molecule has 0 aliphatic heterocycles. The van der Waals surface area contributed by atoms with Crippen LogP contribution in [-0.2, 0) is 0 Å². The number of carbonyl (C=O) groups is 2. The third-order valence-electron chi connectivity index (χ3n) is 4.50. The second-order valence-electron chi connectivity index (χ2n) is 6.98. The number of para-hydroxylation sites is 1. The van der Waals surface area contributed by atoms with Crippen LogP contribution in [0.3, 0.4) is 0 Å². The first-order chi connectivity index (χ1) is 14.2. The molecule has 1 aliphatic rings. The predicted octanol–water partition coefficient (Wildman–Crippen LogP) is 4.97. The first-order valence-corrected chi connectivity index (χ1v) is 9.57. The standard InChI is InChI=1S/C23H22N4O2/c28-22(16-5-4-8-21(15-16)27-23(29)26-20-13-14-20)25-19-11-9-18(10-12-19)24-17-6-2-1-3-7-17/h1-12,15,20,24H,13-14H2,(H,25,28)(H2,26,27,29). The van der Waals surface area contributed by atoms with Crippen LogP contribution in [0, 0.1) is 0 Å². The lowest BCUT2D eigenvalue weighted by Gasteiger charge is -2.10. The number of amides is 3. The molecule has 0 aromatic heterocycles. The molecule has 0 atom stereocenters. The highest BCUT2D eigenvalue weighted by molar-refractivity contribution is 6.05. The van der Waals surface area contributed by atoms with Gasteiger partial charge in [0, 0.05) is 34.4 Å². The van der Waals surface area contributed by atoms with Crippen LogP contribution >= 0.6 is 0 Å². The molecule has 0 bridgehead atoms. The van der Waals surface area contributed by atoms with E-state index in [-0.39, 0.29) is 18.0 Å². The van der Waals surface area contributed by atoms with E-state index >= 15 is 0 Å². The van der Waals surface area contributed by atoms with E-state index in [2.05, 4.69) is 21.3 Å². The molecular formula is C23H22N4O2. The maximum Gasteiger partial charge on any atom is 0.319 e. The van der Waals surface area contributed by atoms with Crippen molar-refractivity contribution in [1.29, 1.82) is 0 Å². The molecule has 3 amide bonds. The molecule has 4 N–H and O–H groups in total. The lowest BCUT2D eigenvalue weighted by Crippen LogP contribution is -2.30. The van der Waals surface area contributed by atoms with Gasteiger partial charge in [-0.2, -0.15) is 0 Å². The lowest BCUT2D eigenvalue weighted by atomic mass is 10.1. The van der Waals surface area contributed by atoms with Crippen LogP contribution in [0.4, 0.5) is 27.5 Å². The third-order valence-corrected chi connectivity index (χ3v) is 4.50. The van der Waals surface area contributed by atoms with E-state index in [0.717, 1.165) is 24.2 Å². The summed E-state index contributed by atoms with van der Waals surface area (Å²) in [6.45, 7) is 0. The molecule has 29 heavy (non-hydrogen) atoms. The van der Waals surface area contributed by atoms with Gasteiger partial charge in [-0.05, 0) is 67.4 Å². The van der Waals surface area contributed by atoms with E-state index in [0.29, 0.717) is 16.9 Å². The number of hydrogen-bond donors (Lipinski definition) is 4. The fourth-order valence-electron chi connectivity index (χ4n) is 2.85. The molecule has 1 fully saturated rings.